The van der Waals surface area contributed by atoms with Crippen LogP contribution in [-0.2, 0) is 11.3 Å². The Morgan fingerprint density at radius 2 is 2.29 bits per heavy atom. The van der Waals surface area contributed by atoms with Crippen molar-refractivity contribution in [3.63, 3.8) is 0 Å². The number of anilines is 1. The number of hydrogen-bond donors (Lipinski definition) is 3. The van der Waals surface area contributed by atoms with Gasteiger partial charge in [-0.2, -0.15) is 0 Å². The summed E-state index contributed by atoms with van der Waals surface area (Å²) in [5.41, 5.74) is 7.32. The van der Waals surface area contributed by atoms with Crippen LogP contribution in [-0.4, -0.2) is 19.5 Å². The molecule has 0 fully saturated rings. The minimum Gasteiger partial charge on any atom is -0.399 e. The number of likely N-dealkylation sites (N-methyl/N-ethyl adjacent to an activating group) is 1. The Balaban J connectivity index is 2.41. The van der Waals surface area contributed by atoms with Crippen molar-refractivity contribution in [2.24, 2.45) is 0 Å². The molecule has 4 nitrogen and oxygen atoms in total. The van der Waals surface area contributed by atoms with Crippen molar-refractivity contribution in [3.8, 4) is 0 Å². The zero-order valence-electron chi connectivity index (χ0n) is 8.21. The summed E-state index contributed by atoms with van der Waals surface area (Å²) in [7, 11) is 1.74. The first-order valence-corrected chi connectivity index (χ1v) is 4.48. The van der Waals surface area contributed by atoms with Gasteiger partial charge in [0.15, 0.2) is 0 Å². The minimum absolute atomic E-state index is 0.0186. The third-order valence-corrected chi connectivity index (χ3v) is 1.78. The SMILES string of the molecule is CNCC(=O)NCc1cccc(N)c1. The lowest BCUT2D eigenvalue weighted by atomic mass is 10.2. The molecule has 0 aliphatic rings. The number of benzene rings is 1. The van der Waals surface area contributed by atoms with E-state index in [1.807, 2.05) is 24.3 Å². The normalized spacial score (nSPS) is 9.79. The predicted octanol–water partition coefficient (Wildman–Crippen LogP) is 0.104. The highest BCUT2D eigenvalue weighted by Crippen LogP contribution is 2.05. The molecule has 1 aromatic carbocycles. The Morgan fingerprint density at radius 3 is 2.93 bits per heavy atom. The lowest BCUT2D eigenvalue weighted by Gasteiger charge is -2.05. The summed E-state index contributed by atoms with van der Waals surface area (Å²) in [4.78, 5) is 11.1. The summed E-state index contributed by atoms with van der Waals surface area (Å²) < 4.78 is 0. The predicted molar refractivity (Wildman–Crippen MR) is 56.6 cm³/mol. The molecule has 0 spiro atoms. The first-order chi connectivity index (χ1) is 6.72. The molecule has 0 bridgehead atoms. The van der Waals surface area contributed by atoms with Crippen molar-refractivity contribution in [1.82, 2.24) is 10.6 Å². The summed E-state index contributed by atoms with van der Waals surface area (Å²) in [5.74, 6) is -0.0186. The third-order valence-electron chi connectivity index (χ3n) is 1.78. The summed E-state index contributed by atoms with van der Waals surface area (Å²) in [5, 5.41) is 5.55. The molecule has 0 saturated heterocycles. The number of nitrogens with two attached hydrogens (primary N) is 1. The first-order valence-electron chi connectivity index (χ1n) is 4.48. The molecule has 0 aliphatic heterocycles. The number of hydrogen-bond acceptors (Lipinski definition) is 3. The highest BCUT2D eigenvalue weighted by atomic mass is 16.1. The molecule has 4 N–H and O–H groups in total. The second-order valence-corrected chi connectivity index (χ2v) is 3.05. The van der Waals surface area contributed by atoms with Crippen molar-refractivity contribution in [3.05, 3.63) is 29.8 Å². The standard InChI is InChI=1S/C10H15N3O/c1-12-7-10(14)13-6-8-3-2-4-9(11)5-8/h2-5,12H,6-7,11H2,1H3,(H,13,14). The maximum atomic E-state index is 11.1. The lowest BCUT2D eigenvalue weighted by Crippen LogP contribution is -2.31. The van der Waals surface area contributed by atoms with Gasteiger partial charge >= 0.3 is 0 Å². The molecule has 0 unspecified atom stereocenters. The number of carbonyl (C=O) groups excluding carboxylic acids is 1. The molecule has 0 saturated carbocycles. The Bertz CT molecular complexity index is 312. The van der Waals surface area contributed by atoms with Crippen molar-refractivity contribution >= 4 is 11.6 Å². The summed E-state index contributed by atoms with van der Waals surface area (Å²) in [6, 6.07) is 7.46. The van der Waals surface area contributed by atoms with Crippen molar-refractivity contribution < 1.29 is 4.79 Å². The van der Waals surface area contributed by atoms with Gasteiger partial charge in [0, 0.05) is 12.2 Å². The van der Waals surface area contributed by atoms with Crippen LogP contribution in [0.5, 0.6) is 0 Å². The first kappa shape index (κ1) is 10.5. The van der Waals surface area contributed by atoms with Crippen molar-refractivity contribution in [2.75, 3.05) is 19.3 Å². The van der Waals surface area contributed by atoms with Crippen LogP contribution in [0.3, 0.4) is 0 Å². The monoisotopic (exact) mass is 193 g/mol. The molecular weight excluding hydrogens is 178 g/mol. The molecule has 1 aromatic rings. The molecule has 0 atom stereocenters. The Morgan fingerprint density at radius 1 is 1.50 bits per heavy atom. The molecule has 14 heavy (non-hydrogen) atoms. The average Bonchev–Trinajstić information content (AvgIpc) is 2.15. The van der Waals surface area contributed by atoms with Gasteiger partial charge in [0.2, 0.25) is 5.91 Å². The smallest absolute Gasteiger partial charge is 0.234 e. The number of nitrogen functional groups attached to an aromatic ring is 1. The van der Waals surface area contributed by atoms with E-state index in [9.17, 15) is 4.79 Å². The van der Waals surface area contributed by atoms with Crippen LogP contribution in [0.15, 0.2) is 24.3 Å². The van der Waals surface area contributed by atoms with E-state index in [0.29, 0.717) is 18.8 Å². The van der Waals surface area contributed by atoms with E-state index in [2.05, 4.69) is 10.6 Å². The quantitative estimate of drug-likeness (QED) is 0.594. The molecule has 0 aliphatic carbocycles. The minimum atomic E-state index is -0.0186. The summed E-state index contributed by atoms with van der Waals surface area (Å²) >= 11 is 0. The van der Waals surface area contributed by atoms with E-state index in [0.717, 1.165) is 5.56 Å². The molecule has 0 heterocycles. The van der Waals surface area contributed by atoms with Gasteiger partial charge in [0.05, 0.1) is 6.54 Å². The molecule has 76 valence electrons. The molecule has 0 aromatic heterocycles. The van der Waals surface area contributed by atoms with Crippen molar-refractivity contribution in [2.45, 2.75) is 6.54 Å². The molecule has 1 amide bonds. The average molecular weight is 193 g/mol. The van der Waals surface area contributed by atoms with Crippen molar-refractivity contribution in [1.29, 1.82) is 0 Å². The number of carbonyl (C=O) groups is 1. The maximum absolute atomic E-state index is 11.1. The summed E-state index contributed by atoms with van der Waals surface area (Å²) in [6.45, 7) is 0.855. The van der Waals surface area contributed by atoms with Gasteiger partial charge in [0.25, 0.3) is 0 Å². The number of amides is 1. The van der Waals surface area contributed by atoms with Crippen LogP contribution < -0.4 is 16.4 Å². The van der Waals surface area contributed by atoms with Crippen LogP contribution >= 0.6 is 0 Å². The van der Waals surface area contributed by atoms with Crippen LogP contribution in [0, 0.1) is 0 Å². The fourth-order valence-electron chi connectivity index (χ4n) is 1.13. The number of rotatable bonds is 4. The largest absolute Gasteiger partial charge is 0.399 e. The van der Waals surface area contributed by atoms with E-state index in [-0.39, 0.29) is 5.91 Å². The highest BCUT2D eigenvalue weighted by Gasteiger charge is 1.98. The third kappa shape index (κ3) is 3.45. The summed E-state index contributed by atoms with van der Waals surface area (Å²) in [6.07, 6.45) is 0. The molecular formula is C10H15N3O. The Kier molecular flexibility index (Phi) is 3.94. The zero-order valence-corrected chi connectivity index (χ0v) is 8.21. The van der Waals surface area contributed by atoms with E-state index >= 15 is 0 Å². The van der Waals surface area contributed by atoms with Gasteiger partial charge < -0.3 is 16.4 Å². The fraction of sp³-hybridized carbons (Fsp3) is 0.300. The van der Waals surface area contributed by atoms with Gasteiger partial charge in [-0.25, -0.2) is 0 Å². The Labute approximate surface area is 83.5 Å². The van der Waals surface area contributed by atoms with Gasteiger partial charge in [-0.15, -0.1) is 0 Å². The van der Waals surface area contributed by atoms with E-state index in [1.165, 1.54) is 0 Å². The van der Waals surface area contributed by atoms with Gasteiger partial charge in [-0.3, -0.25) is 4.79 Å². The highest BCUT2D eigenvalue weighted by molar-refractivity contribution is 5.77. The van der Waals surface area contributed by atoms with Crippen LogP contribution in [0.2, 0.25) is 0 Å². The van der Waals surface area contributed by atoms with Gasteiger partial charge in [-0.05, 0) is 24.7 Å². The molecule has 4 heteroatoms. The van der Waals surface area contributed by atoms with E-state index in [4.69, 9.17) is 5.73 Å². The molecule has 1 rings (SSSR count). The topological polar surface area (TPSA) is 67.2 Å². The van der Waals surface area contributed by atoms with Gasteiger partial charge in [-0.1, -0.05) is 12.1 Å². The van der Waals surface area contributed by atoms with Crippen LogP contribution in [0.1, 0.15) is 5.56 Å². The maximum Gasteiger partial charge on any atom is 0.234 e. The second kappa shape index (κ2) is 5.24. The van der Waals surface area contributed by atoms with E-state index < -0.39 is 0 Å². The van der Waals surface area contributed by atoms with E-state index in [1.54, 1.807) is 7.05 Å². The lowest BCUT2D eigenvalue weighted by molar-refractivity contribution is -0.120. The zero-order chi connectivity index (χ0) is 10.4. The number of nitrogens with one attached hydrogen (secondary N) is 2. The second-order valence-electron chi connectivity index (χ2n) is 3.05. The Hall–Kier alpha value is -1.55. The van der Waals surface area contributed by atoms with Crippen LogP contribution in [0.25, 0.3) is 0 Å². The van der Waals surface area contributed by atoms with Crippen LogP contribution in [0.4, 0.5) is 5.69 Å². The van der Waals surface area contributed by atoms with Gasteiger partial charge in [0.1, 0.15) is 0 Å². The fourth-order valence-corrected chi connectivity index (χ4v) is 1.13. The molecule has 0 radical (unpaired) electrons.